The maximum atomic E-state index is 11.4. The van der Waals surface area contributed by atoms with E-state index in [9.17, 15) is 9.36 Å². The van der Waals surface area contributed by atoms with Crippen LogP contribution in [0.15, 0.2) is 18.2 Å². The van der Waals surface area contributed by atoms with Crippen LogP contribution >= 0.6 is 7.60 Å². The van der Waals surface area contributed by atoms with Crippen molar-refractivity contribution in [3.63, 3.8) is 0 Å². The SMILES string of the molecule is NC(=O)C1NCCc2ccc(CCP(=O)(O)O)cc21. The van der Waals surface area contributed by atoms with Gasteiger partial charge in [-0.1, -0.05) is 18.2 Å². The fourth-order valence-corrected chi connectivity index (χ4v) is 2.84. The van der Waals surface area contributed by atoms with Gasteiger partial charge in [-0.3, -0.25) is 9.36 Å². The van der Waals surface area contributed by atoms with Crippen LogP contribution in [0, 0.1) is 0 Å². The third-order valence-electron chi connectivity index (χ3n) is 3.24. The Labute approximate surface area is 111 Å². The molecule has 0 spiro atoms. The Kier molecular flexibility index (Phi) is 4.06. The summed E-state index contributed by atoms with van der Waals surface area (Å²) in [5.74, 6) is -0.437. The fraction of sp³-hybridized carbons (Fsp3) is 0.417. The molecule has 7 heteroatoms. The molecule has 0 radical (unpaired) electrons. The second kappa shape index (κ2) is 5.43. The summed E-state index contributed by atoms with van der Waals surface area (Å²) < 4.78 is 10.9. The van der Waals surface area contributed by atoms with Gasteiger partial charge in [0.2, 0.25) is 5.91 Å². The first-order chi connectivity index (χ1) is 8.87. The topological polar surface area (TPSA) is 113 Å². The molecular weight excluding hydrogens is 267 g/mol. The van der Waals surface area contributed by atoms with Gasteiger partial charge in [-0.2, -0.15) is 0 Å². The lowest BCUT2D eigenvalue weighted by Crippen LogP contribution is -2.38. The third kappa shape index (κ3) is 3.64. The number of amides is 1. The average Bonchev–Trinajstić information content (AvgIpc) is 2.34. The summed E-state index contributed by atoms with van der Waals surface area (Å²) in [5, 5.41) is 3.05. The Bertz CT molecular complexity index is 541. The molecule has 1 atom stereocenters. The summed E-state index contributed by atoms with van der Waals surface area (Å²) in [7, 11) is -4.00. The van der Waals surface area contributed by atoms with Gasteiger partial charge in [-0.05, 0) is 29.5 Å². The van der Waals surface area contributed by atoms with Crippen molar-refractivity contribution in [2.45, 2.75) is 18.9 Å². The van der Waals surface area contributed by atoms with Gasteiger partial charge in [0.05, 0.1) is 6.16 Å². The van der Waals surface area contributed by atoms with Gasteiger partial charge in [0, 0.05) is 6.54 Å². The highest BCUT2D eigenvalue weighted by Gasteiger charge is 2.24. The van der Waals surface area contributed by atoms with E-state index in [1.165, 1.54) is 0 Å². The number of nitrogens with one attached hydrogen (secondary N) is 1. The van der Waals surface area contributed by atoms with Crippen LogP contribution in [0.1, 0.15) is 22.7 Å². The molecule has 0 aromatic heterocycles. The van der Waals surface area contributed by atoms with E-state index in [0.717, 1.165) is 23.1 Å². The van der Waals surface area contributed by atoms with Crippen LogP contribution in [0.4, 0.5) is 0 Å². The van der Waals surface area contributed by atoms with Gasteiger partial charge in [0.25, 0.3) is 0 Å². The molecule has 19 heavy (non-hydrogen) atoms. The zero-order valence-corrected chi connectivity index (χ0v) is 11.3. The van der Waals surface area contributed by atoms with Crippen molar-refractivity contribution in [2.24, 2.45) is 5.73 Å². The van der Waals surface area contributed by atoms with Gasteiger partial charge in [0.15, 0.2) is 0 Å². The Hall–Kier alpha value is -1.20. The molecule has 0 saturated heterocycles. The Morgan fingerprint density at radius 2 is 2.21 bits per heavy atom. The minimum atomic E-state index is -4.00. The summed E-state index contributed by atoms with van der Waals surface area (Å²) in [5.41, 5.74) is 8.03. The van der Waals surface area contributed by atoms with Gasteiger partial charge in [0.1, 0.15) is 6.04 Å². The van der Waals surface area contributed by atoms with E-state index < -0.39 is 19.5 Å². The molecular formula is C12H17N2O4P. The van der Waals surface area contributed by atoms with Crippen molar-refractivity contribution in [3.05, 3.63) is 34.9 Å². The maximum Gasteiger partial charge on any atom is 0.325 e. The van der Waals surface area contributed by atoms with Crippen molar-refractivity contribution in [2.75, 3.05) is 12.7 Å². The highest BCUT2D eigenvalue weighted by Crippen LogP contribution is 2.35. The number of fused-ring (bicyclic) bond motifs is 1. The van der Waals surface area contributed by atoms with E-state index in [1.807, 2.05) is 18.2 Å². The Balaban J connectivity index is 2.23. The molecule has 0 bridgehead atoms. The number of rotatable bonds is 4. The number of hydrogen-bond acceptors (Lipinski definition) is 3. The van der Waals surface area contributed by atoms with Crippen LogP contribution in [0.25, 0.3) is 0 Å². The van der Waals surface area contributed by atoms with E-state index in [-0.39, 0.29) is 12.6 Å². The predicted molar refractivity (Wildman–Crippen MR) is 70.7 cm³/mol. The first kappa shape index (κ1) is 14.2. The van der Waals surface area contributed by atoms with Crippen molar-refractivity contribution in [3.8, 4) is 0 Å². The molecule has 1 aromatic carbocycles. The van der Waals surface area contributed by atoms with E-state index in [1.54, 1.807) is 0 Å². The zero-order chi connectivity index (χ0) is 14.0. The first-order valence-electron chi connectivity index (χ1n) is 6.06. The molecule has 6 nitrogen and oxygen atoms in total. The van der Waals surface area contributed by atoms with Gasteiger partial charge >= 0.3 is 7.60 Å². The normalized spacial score (nSPS) is 18.9. The van der Waals surface area contributed by atoms with Gasteiger partial charge in [-0.25, -0.2) is 0 Å². The fourth-order valence-electron chi connectivity index (χ4n) is 2.29. The second-order valence-electron chi connectivity index (χ2n) is 4.71. The van der Waals surface area contributed by atoms with Crippen LogP contribution in [-0.2, 0) is 22.2 Å². The number of benzene rings is 1. The molecule has 1 aliphatic rings. The predicted octanol–water partition coefficient (Wildman–Crippen LogP) is 0.0789. The van der Waals surface area contributed by atoms with Crippen molar-refractivity contribution < 1.29 is 19.1 Å². The quantitative estimate of drug-likeness (QED) is 0.585. The number of primary amides is 1. The lowest BCUT2D eigenvalue weighted by Gasteiger charge is -2.25. The average molecular weight is 284 g/mol. The summed E-state index contributed by atoms with van der Waals surface area (Å²) in [6.07, 6.45) is 0.904. The molecule has 2 rings (SSSR count). The van der Waals surface area contributed by atoms with E-state index in [0.29, 0.717) is 6.54 Å². The third-order valence-corrected chi connectivity index (χ3v) is 4.05. The Morgan fingerprint density at radius 3 is 2.84 bits per heavy atom. The molecule has 5 N–H and O–H groups in total. The summed E-state index contributed by atoms with van der Waals surface area (Å²) in [6, 6.07) is 5.05. The standard InChI is InChI=1S/C12H17N2O4P/c13-12(15)11-10-7-8(4-6-19(16,17)18)1-2-9(10)3-5-14-11/h1-2,7,11,14H,3-6H2,(H2,13,15)(H2,16,17,18). The number of carbonyl (C=O) groups excluding carboxylic acids is 1. The lowest BCUT2D eigenvalue weighted by molar-refractivity contribution is -0.120. The zero-order valence-electron chi connectivity index (χ0n) is 10.4. The lowest BCUT2D eigenvalue weighted by atomic mass is 9.91. The highest BCUT2D eigenvalue weighted by molar-refractivity contribution is 7.51. The molecule has 0 fully saturated rings. The molecule has 1 amide bonds. The van der Waals surface area contributed by atoms with E-state index in [4.69, 9.17) is 15.5 Å². The van der Waals surface area contributed by atoms with Crippen molar-refractivity contribution in [1.29, 1.82) is 0 Å². The Morgan fingerprint density at radius 1 is 1.47 bits per heavy atom. The minimum absolute atomic E-state index is 0.194. The first-order valence-corrected chi connectivity index (χ1v) is 7.85. The molecule has 104 valence electrons. The second-order valence-corrected chi connectivity index (χ2v) is 6.49. The minimum Gasteiger partial charge on any atom is -0.368 e. The van der Waals surface area contributed by atoms with Crippen LogP contribution in [0.3, 0.4) is 0 Å². The van der Waals surface area contributed by atoms with E-state index in [2.05, 4.69) is 5.32 Å². The van der Waals surface area contributed by atoms with Gasteiger partial charge < -0.3 is 20.8 Å². The van der Waals surface area contributed by atoms with Gasteiger partial charge in [-0.15, -0.1) is 0 Å². The number of carbonyl (C=O) groups is 1. The van der Waals surface area contributed by atoms with Crippen LogP contribution < -0.4 is 11.1 Å². The molecule has 0 saturated carbocycles. The number of hydrogen-bond donors (Lipinski definition) is 4. The monoisotopic (exact) mass is 284 g/mol. The molecule has 1 aromatic rings. The highest BCUT2D eigenvalue weighted by atomic mass is 31.2. The van der Waals surface area contributed by atoms with Crippen molar-refractivity contribution in [1.82, 2.24) is 5.32 Å². The largest absolute Gasteiger partial charge is 0.368 e. The maximum absolute atomic E-state index is 11.4. The number of aryl methyl sites for hydroxylation is 1. The van der Waals surface area contributed by atoms with Crippen LogP contribution in [-0.4, -0.2) is 28.4 Å². The summed E-state index contributed by atoms with van der Waals surface area (Å²) in [6.45, 7) is 0.697. The summed E-state index contributed by atoms with van der Waals surface area (Å²) in [4.78, 5) is 29.1. The summed E-state index contributed by atoms with van der Waals surface area (Å²) >= 11 is 0. The van der Waals surface area contributed by atoms with Crippen LogP contribution in [0.5, 0.6) is 0 Å². The van der Waals surface area contributed by atoms with E-state index >= 15 is 0 Å². The molecule has 0 aliphatic carbocycles. The molecule has 1 aliphatic heterocycles. The number of nitrogens with two attached hydrogens (primary N) is 1. The molecule has 1 heterocycles. The van der Waals surface area contributed by atoms with Crippen molar-refractivity contribution >= 4 is 13.5 Å². The van der Waals surface area contributed by atoms with Crippen LogP contribution in [0.2, 0.25) is 0 Å². The molecule has 1 unspecified atom stereocenters. The smallest absolute Gasteiger partial charge is 0.325 e.